The Hall–Kier alpha value is -1.56. The molecule has 2 aromatic carbocycles. The van der Waals surface area contributed by atoms with Crippen LogP contribution in [0.3, 0.4) is 0 Å². The van der Waals surface area contributed by atoms with Gasteiger partial charge in [-0.3, -0.25) is 0 Å². The van der Waals surface area contributed by atoms with Crippen LogP contribution < -0.4 is 0 Å². The monoisotopic (exact) mass is 235 g/mol. The minimum absolute atomic E-state index is 1.10. The van der Waals surface area contributed by atoms with Crippen molar-refractivity contribution < 1.29 is 0 Å². The van der Waals surface area contributed by atoms with Gasteiger partial charge in [0.2, 0.25) is 0 Å². The predicted molar refractivity (Wildman–Crippen MR) is 77.6 cm³/mol. The molecule has 18 heavy (non-hydrogen) atoms. The molecule has 1 aliphatic carbocycles. The molecular weight excluding hydrogens is 216 g/mol. The van der Waals surface area contributed by atoms with Gasteiger partial charge >= 0.3 is 0 Å². The fourth-order valence-corrected chi connectivity index (χ4v) is 2.83. The third kappa shape index (κ3) is 1.96. The number of benzene rings is 2. The summed E-state index contributed by atoms with van der Waals surface area (Å²) in [4.78, 5) is 0. The van der Waals surface area contributed by atoms with Crippen molar-refractivity contribution in [2.45, 2.75) is 32.6 Å². The molecule has 1 aliphatic rings. The van der Waals surface area contributed by atoms with E-state index in [2.05, 4.69) is 55.8 Å². The van der Waals surface area contributed by atoms with Crippen LogP contribution in [-0.2, 0) is 6.42 Å². The maximum atomic E-state index is 2.41. The Labute approximate surface area is 110 Å². The van der Waals surface area contributed by atoms with E-state index in [1.807, 2.05) is 0 Å². The zero-order valence-electron chi connectivity index (χ0n) is 10.9. The van der Waals surface area contributed by atoms with Crippen molar-refractivity contribution in [3.05, 3.63) is 65.6 Å². The van der Waals surface area contributed by atoms with Crippen molar-refractivity contribution in [1.29, 1.82) is 0 Å². The number of hydrogen-bond donors (Lipinski definition) is 0. The van der Waals surface area contributed by atoms with Crippen LogP contribution in [0.15, 0.2) is 42.5 Å². The second-order valence-electron chi connectivity index (χ2n) is 5.05. The molecule has 0 heteroatoms. The normalized spacial score (nSPS) is 12.3. The van der Waals surface area contributed by atoms with Gasteiger partial charge in [0.1, 0.15) is 0 Å². The van der Waals surface area contributed by atoms with Gasteiger partial charge in [-0.2, -0.15) is 0 Å². The van der Waals surface area contributed by atoms with Gasteiger partial charge in [0.25, 0.3) is 0 Å². The van der Waals surface area contributed by atoms with E-state index in [0.29, 0.717) is 0 Å². The highest BCUT2D eigenvalue weighted by Gasteiger charge is 2.19. The van der Waals surface area contributed by atoms with Crippen LogP contribution in [0.25, 0.3) is 11.1 Å². The van der Waals surface area contributed by atoms with Crippen LogP contribution in [0.4, 0.5) is 0 Å². The van der Waals surface area contributed by atoms with E-state index >= 15 is 0 Å². The summed E-state index contributed by atoms with van der Waals surface area (Å²) in [7, 11) is 0. The molecule has 2 aromatic rings. The van der Waals surface area contributed by atoms with Gasteiger partial charge in [-0.15, -0.1) is 0 Å². The van der Waals surface area contributed by atoms with Crippen molar-refractivity contribution in [2.24, 2.45) is 0 Å². The molecule has 0 heterocycles. The molecule has 0 atom stereocenters. The zero-order chi connectivity index (χ0) is 12.4. The lowest BCUT2D eigenvalue weighted by Gasteiger charge is -2.07. The van der Waals surface area contributed by atoms with E-state index in [-0.39, 0.29) is 0 Å². The Morgan fingerprint density at radius 1 is 1.00 bits per heavy atom. The van der Waals surface area contributed by atoms with Gasteiger partial charge in [-0.1, -0.05) is 62.2 Å². The number of fused-ring (bicyclic) bond motifs is 3. The largest absolute Gasteiger partial charge is 0.0654 e. The van der Waals surface area contributed by atoms with Gasteiger partial charge in [-0.05, 0) is 47.1 Å². The van der Waals surface area contributed by atoms with E-state index in [9.17, 15) is 0 Å². The molecule has 0 fully saturated rings. The van der Waals surface area contributed by atoms with Gasteiger partial charge < -0.3 is 0 Å². The van der Waals surface area contributed by atoms with Gasteiger partial charge in [0, 0.05) is 0 Å². The van der Waals surface area contributed by atoms with Gasteiger partial charge in [0.15, 0.2) is 0 Å². The summed E-state index contributed by atoms with van der Waals surface area (Å²) in [6.07, 6.45) is 7.27. The molecule has 0 N–H and O–H groups in total. The summed E-state index contributed by atoms with van der Waals surface area (Å²) < 4.78 is 0. The first-order valence-corrected chi connectivity index (χ1v) is 6.93. The van der Waals surface area contributed by atoms with Crippen molar-refractivity contribution in [3.8, 4) is 11.1 Å². The molecule has 91 valence electrons. The lowest BCUT2D eigenvalue weighted by atomic mass is 9.97. The average molecular weight is 235 g/mol. The highest BCUT2D eigenvalue weighted by Crippen LogP contribution is 2.38. The molecule has 3 rings (SSSR count). The lowest BCUT2D eigenvalue weighted by Crippen LogP contribution is -1.91. The molecule has 0 aromatic heterocycles. The third-order valence-corrected chi connectivity index (χ3v) is 3.81. The summed E-state index contributed by atoms with van der Waals surface area (Å²) in [5.41, 5.74) is 7.31. The van der Waals surface area contributed by atoms with Crippen molar-refractivity contribution >= 4 is 0 Å². The van der Waals surface area contributed by atoms with Crippen LogP contribution in [0.5, 0.6) is 0 Å². The van der Waals surface area contributed by atoms with E-state index in [4.69, 9.17) is 0 Å². The van der Waals surface area contributed by atoms with E-state index in [1.165, 1.54) is 47.1 Å². The Bertz CT molecular complexity index is 552. The van der Waals surface area contributed by atoms with Crippen LogP contribution in [-0.4, -0.2) is 0 Å². The SMILES string of the molecule is CCCC[CH]c1cccc2c1Cc1ccccc1-2. The maximum Gasteiger partial charge on any atom is -0.00106 e. The minimum atomic E-state index is 1.10. The van der Waals surface area contributed by atoms with Crippen LogP contribution in [0.1, 0.15) is 42.9 Å². The Balaban J connectivity index is 1.93. The predicted octanol–water partition coefficient (Wildman–Crippen LogP) is 5.00. The molecular formula is C18H19. The number of hydrogen-bond acceptors (Lipinski definition) is 0. The maximum absolute atomic E-state index is 2.41. The molecule has 0 amide bonds. The fraction of sp³-hybridized carbons (Fsp3) is 0.278. The highest BCUT2D eigenvalue weighted by atomic mass is 14.2. The molecule has 0 saturated heterocycles. The minimum Gasteiger partial charge on any atom is -0.0654 e. The second-order valence-corrected chi connectivity index (χ2v) is 5.05. The zero-order valence-corrected chi connectivity index (χ0v) is 10.9. The van der Waals surface area contributed by atoms with E-state index in [0.717, 1.165) is 6.42 Å². The molecule has 0 spiro atoms. The summed E-state index contributed by atoms with van der Waals surface area (Å²) in [5, 5.41) is 0. The third-order valence-electron chi connectivity index (χ3n) is 3.81. The smallest absolute Gasteiger partial charge is 0.00106 e. The number of rotatable bonds is 4. The molecule has 0 nitrogen and oxygen atoms in total. The van der Waals surface area contributed by atoms with Crippen LogP contribution in [0, 0.1) is 6.42 Å². The average Bonchev–Trinajstić information content (AvgIpc) is 2.79. The van der Waals surface area contributed by atoms with Gasteiger partial charge in [0.05, 0.1) is 0 Å². The lowest BCUT2D eigenvalue weighted by molar-refractivity contribution is 0.789. The Morgan fingerprint density at radius 2 is 1.83 bits per heavy atom. The summed E-state index contributed by atoms with van der Waals surface area (Å²) in [6.45, 7) is 2.25. The summed E-state index contributed by atoms with van der Waals surface area (Å²) in [5.74, 6) is 0. The summed E-state index contributed by atoms with van der Waals surface area (Å²) >= 11 is 0. The standard InChI is InChI=1S/C18H19/c1-2-3-4-8-14-10-7-12-17-16-11-6-5-9-15(16)13-18(14)17/h5-12H,2-4,13H2,1H3. The van der Waals surface area contributed by atoms with Crippen LogP contribution in [0.2, 0.25) is 0 Å². The Morgan fingerprint density at radius 3 is 2.72 bits per heavy atom. The Kier molecular flexibility index (Phi) is 3.19. The molecule has 0 unspecified atom stereocenters. The number of unbranched alkanes of at least 4 members (excludes halogenated alkanes) is 2. The molecule has 0 bridgehead atoms. The van der Waals surface area contributed by atoms with Crippen molar-refractivity contribution in [3.63, 3.8) is 0 Å². The fourth-order valence-electron chi connectivity index (χ4n) is 2.83. The second kappa shape index (κ2) is 4.97. The first-order valence-electron chi connectivity index (χ1n) is 6.93. The van der Waals surface area contributed by atoms with Crippen molar-refractivity contribution in [2.75, 3.05) is 0 Å². The quantitative estimate of drug-likeness (QED) is 0.558. The topological polar surface area (TPSA) is 0 Å². The van der Waals surface area contributed by atoms with Crippen molar-refractivity contribution in [1.82, 2.24) is 0 Å². The first kappa shape index (κ1) is 11.5. The van der Waals surface area contributed by atoms with E-state index < -0.39 is 0 Å². The summed E-state index contributed by atoms with van der Waals surface area (Å²) in [6, 6.07) is 15.5. The highest BCUT2D eigenvalue weighted by molar-refractivity contribution is 5.78. The van der Waals surface area contributed by atoms with Gasteiger partial charge in [-0.25, -0.2) is 0 Å². The first-order chi connectivity index (χ1) is 8.90. The molecule has 0 saturated carbocycles. The van der Waals surface area contributed by atoms with E-state index in [1.54, 1.807) is 0 Å². The van der Waals surface area contributed by atoms with Crippen LogP contribution >= 0.6 is 0 Å². The molecule has 0 aliphatic heterocycles. The molecule has 1 radical (unpaired) electrons.